The van der Waals surface area contributed by atoms with Gasteiger partial charge in [0, 0.05) is 31.8 Å². The number of aryl methyl sites for hydroxylation is 1. The maximum atomic E-state index is 5.55. The van der Waals surface area contributed by atoms with Gasteiger partial charge in [0.1, 0.15) is 0 Å². The first-order valence-electron chi connectivity index (χ1n) is 7.28. The summed E-state index contributed by atoms with van der Waals surface area (Å²) in [5.41, 5.74) is 2.68. The number of benzene rings is 1. The molecular formula is C16H26N2O. The number of rotatable bonds is 4. The lowest BCUT2D eigenvalue weighted by Crippen LogP contribution is -2.43. The van der Waals surface area contributed by atoms with Crippen molar-refractivity contribution in [2.75, 3.05) is 33.4 Å². The molecule has 1 aliphatic rings. The zero-order valence-corrected chi connectivity index (χ0v) is 12.4. The Morgan fingerprint density at radius 3 is 2.58 bits per heavy atom. The third kappa shape index (κ3) is 3.78. The van der Waals surface area contributed by atoms with Gasteiger partial charge in [0.25, 0.3) is 0 Å². The number of nitrogens with zero attached hydrogens (tertiary/aromatic N) is 1. The standard InChI is InChI=1S/C16H26N2O/c1-13-5-7-15(8-6-13)16(17-3)14(2)18-9-4-11-19-12-10-18/h5-8,14,16-17H,4,9-12H2,1-3H3. The van der Waals surface area contributed by atoms with Gasteiger partial charge >= 0.3 is 0 Å². The monoisotopic (exact) mass is 262 g/mol. The summed E-state index contributed by atoms with van der Waals surface area (Å²) in [5.74, 6) is 0. The average Bonchev–Trinajstić information content (AvgIpc) is 2.70. The molecule has 3 heteroatoms. The van der Waals surface area contributed by atoms with Gasteiger partial charge in [-0.15, -0.1) is 0 Å². The highest BCUT2D eigenvalue weighted by molar-refractivity contribution is 5.25. The second-order valence-electron chi connectivity index (χ2n) is 5.42. The van der Waals surface area contributed by atoms with Gasteiger partial charge in [-0.2, -0.15) is 0 Å². The van der Waals surface area contributed by atoms with E-state index in [9.17, 15) is 0 Å². The van der Waals surface area contributed by atoms with Crippen LogP contribution in [0.25, 0.3) is 0 Å². The van der Waals surface area contributed by atoms with E-state index < -0.39 is 0 Å². The fraction of sp³-hybridized carbons (Fsp3) is 0.625. The molecule has 2 atom stereocenters. The van der Waals surface area contributed by atoms with Crippen LogP contribution >= 0.6 is 0 Å². The summed E-state index contributed by atoms with van der Waals surface area (Å²) >= 11 is 0. The summed E-state index contributed by atoms with van der Waals surface area (Å²) in [7, 11) is 2.05. The van der Waals surface area contributed by atoms with Crippen molar-refractivity contribution in [3.63, 3.8) is 0 Å². The highest BCUT2D eigenvalue weighted by atomic mass is 16.5. The maximum Gasteiger partial charge on any atom is 0.0593 e. The van der Waals surface area contributed by atoms with Gasteiger partial charge in [-0.3, -0.25) is 4.90 Å². The summed E-state index contributed by atoms with van der Waals surface area (Å²) in [6.45, 7) is 8.36. The van der Waals surface area contributed by atoms with Crippen LogP contribution in [0.3, 0.4) is 0 Å². The lowest BCUT2D eigenvalue weighted by molar-refractivity contribution is 0.126. The van der Waals surface area contributed by atoms with Crippen molar-refractivity contribution in [2.45, 2.75) is 32.4 Å². The number of nitrogens with one attached hydrogen (secondary N) is 1. The van der Waals surface area contributed by atoms with Crippen LogP contribution in [0.5, 0.6) is 0 Å². The van der Waals surface area contributed by atoms with E-state index in [1.54, 1.807) is 0 Å². The molecule has 1 aromatic rings. The lowest BCUT2D eigenvalue weighted by atomic mass is 9.98. The van der Waals surface area contributed by atoms with E-state index >= 15 is 0 Å². The van der Waals surface area contributed by atoms with E-state index in [1.807, 2.05) is 0 Å². The molecule has 1 saturated heterocycles. The predicted molar refractivity (Wildman–Crippen MR) is 79.5 cm³/mol. The van der Waals surface area contributed by atoms with Gasteiger partial charge in [0.15, 0.2) is 0 Å². The molecule has 1 fully saturated rings. The fourth-order valence-corrected chi connectivity index (χ4v) is 2.84. The first-order valence-corrected chi connectivity index (χ1v) is 7.28. The van der Waals surface area contributed by atoms with Crippen molar-refractivity contribution in [1.29, 1.82) is 0 Å². The number of hydrogen-bond acceptors (Lipinski definition) is 3. The van der Waals surface area contributed by atoms with Crippen LogP contribution < -0.4 is 5.32 Å². The minimum absolute atomic E-state index is 0.374. The van der Waals surface area contributed by atoms with E-state index in [4.69, 9.17) is 4.74 Å². The van der Waals surface area contributed by atoms with Crippen molar-refractivity contribution in [3.8, 4) is 0 Å². The second-order valence-corrected chi connectivity index (χ2v) is 5.42. The Hall–Kier alpha value is -0.900. The second kappa shape index (κ2) is 7.04. The Morgan fingerprint density at radius 2 is 1.89 bits per heavy atom. The van der Waals surface area contributed by atoms with Crippen LogP contribution in [0.4, 0.5) is 0 Å². The number of likely N-dealkylation sites (N-methyl/N-ethyl adjacent to an activating group) is 1. The molecule has 0 aliphatic carbocycles. The Kier molecular flexibility index (Phi) is 5.37. The zero-order chi connectivity index (χ0) is 13.7. The summed E-state index contributed by atoms with van der Waals surface area (Å²) in [4.78, 5) is 2.54. The highest BCUT2D eigenvalue weighted by Gasteiger charge is 2.24. The van der Waals surface area contributed by atoms with Crippen LogP contribution in [0.2, 0.25) is 0 Å². The summed E-state index contributed by atoms with van der Waals surface area (Å²) in [6, 6.07) is 9.71. The molecule has 0 saturated carbocycles. The quantitative estimate of drug-likeness (QED) is 0.901. The normalized spacial score (nSPS) is 20.8. The molecule has 19 heavy (non-hydrogen) atoms. The van der Waals surface area contributed by atoms with Crippen molar-refractivity contribution >= 4 is 0 Å². The molecule has 1 N–H and O–H groups in total. The minimum Gasteiger partial charge on any atom is -0.380 e. The third-order valence-electron chi connectivity index (χ3n) is 4.06. The minimum atomic E-state index is 0.374. The van der Waals surface area contributed by atoms with Crippen LogP contribution in [-0.4, -0.2) is 44.3 Å². The Balaban J connectivity index is 2.09. The average molecular weight is 262 g/mol. The van der Waals surface area contributed by atoms with E-state index in [-0.39, 0.29) is 0 Å². The van der Waals surface area contributed by atoms with Gasteiger partial charge in [-0.25, -0.2) is 0 Å². The van der Waals surface area contributed by atoms with E-state index in [0.29, 0.717) is 12.1 Å². The largest absolute Gasteiger partial charge is 0.380 e. The van der Waals surface area contributed by atoms with Crippen LogP contribution in [0.1, 0.15) is 30.5 Å². The van der Waals surface area contributed by atoms with Crippen LogP contribution in [0.15, 0.2) is 24.3 Å². The number of hydrogen-bond donors (Lipinski definition) is 1. The molecule has 1 aromatic carbocycles. The lowest BCUT2D eigenvalue weighted by Gasteiger charge is -2.34. The first-order chi connectivity index (χ1) is 9.22. The molecule has 0 amide bonds. The summed E-state index contributed by atoms with van der Waals surface area (Å²) < 4.78 is 5.55. The molecule has 1 aliphatic heterocycles. The fourth-order valence-electron chi connectivity index (χ4n) is 2.84. The van der Waals surface area contributed by atoms with Gasteiger partial charge in [-0.1, -0.05) is 29.8 Å². The molecule has 2 rings (SSSR count). The Morgan fingerprint density at radius 1 is 1.16 bits per heavy atom. The van der Waals surface area contributed by atoms with Gasteiger partial charge < -0.3 is 10.1 Å². The highest BCUT2D eigenvalue weighted by Crippen LogP contribution is 2.22. The Labute approximate surface area is 116 Å². The van der Waals surface area contributed by atoms with Crippen LogP contribution in [-0.2, 0) is 4.74 Å². The number of ether oxygens (including phenoxy) is 1. The van der Waals surface area contributed by atoms with Crippen molar-refractivity contribution in [2.24, 2.45) is 0 Å². The van der Waals surface area contributed by atoms with Crippen molar-refractivity contribution in [3.05, 3.63) is 35.4 Å². The molecule has 106 valence electrons. The summed E-state index contributed by atoms with van der Waals surface area (Å²) in [6.07, 6.45) is 1.13. The van der Waals surface area contributed by atoms with Crippen LogP contribution in [0, 0.1) is 6.92 Å². The predicted octanol–water partition coefficient (Wildman–Crippen LogP) is 2.37. The van der Waals surface area contributed by atoms with Crippen molar-refractivity contribution in [1.82, 2.24) is 10.2 Å². The molecular weight excluding hydrogens is 236 g/mol. The van der Waals surface area contributed by atoms with Gasteiger partial charge in [0.05, 0.1) is 6.61 Å². The Bertz CT molecular complexity index is 369. The molecule has 0 spiro atoms. The molecule has 0 bridgehead atoms. The topological polar surface area (TPSA) is 24.5 Å². The maximum absolute atomic E-state index is 5.55. The van der Waals surface area contributed by atoms with E-state index in [2.05, 4.69) is 55.4 Å². The first kappa shape index (κ1) is 14.5. The van der Waals surface area contributed by atoms with E-state index in [1.165, 1.54) is 11.1 Å². The molecule has 0 aromatic heterocycles. The smallest absolute Gasteiger partial charge is 0.0593 e. The molecule has 3 nitrogen and oxygen atoms in total. The SMILES string of the molecule is CNC(c1ccc(C)cc1)C(C)N1CCCOCC1. The summed E-state index contributed by atoms with van der Waals surface area (Å²) in [5, 5.41) is 3.47. The van der Waals surface area contributed by atoms with E-state index in [0.717, 1.165) is 32.7 Å². The molecule has 1 heterocycles. The third-order valence-corrected chi connectivity index (χ3v) is 4.06. The molecule has 2 unspecified atom stereocenters. The molecule has 0 radical (unpaired) electrons. The van der Waals surface area contributed by atoms with Gasteiger partial charge in [0.2, 0.25) is 0 Å². The zero-order valence-electron chi connectivity index (χ0n) is 12.4. The van der Waals surface area contributed by atoms with Crippen molar-refractivity contribution < 1.29 is 4.74 Å². The van der Waals surface area contributed by atoms with Gasteiger partial charge in [-0.05, 0) is 32.9 Å².